The molecule has 1 saturated carbocycles. The van der Waals surface area contributed by atoms with Crippen LogP contribution in [0.25, 0.3) is 0 Å². The number of carbonyl (C=O) groups excluding carboxylic acids is 1. The van der Waals surface area contributed by atoms with Gasteiger partial charge in [0.1, 0.15) is 4.88 Å². The Bertz CT molecular complexity index is 363. The lowest BCUT2D eigenvalue weighted by Gasteiger charge is -2.02. The molecule has 2 atom stereocenters. The number of nitrogens with zero attached hydrogens (tertiary/aromatic N) is 2. The highest BCUT2D eigenvalue weighted by atomic mass is 32.1. The molecule has 15 heavy (non-hydrogen) atoms. The lowest BCUT2D eigenvalue weighted by molar-refractivity contribution is 0.0954. The van der Waals surface area contributed by atoms with E-state index in [1.807, 2.05) is 6.92 Å². The van der Waals surface area contributed by atoms with Gasteiger partial charge in [0.15, 0.2) is 0 Å². The number of rotatable bonds is 4. The van der Waals surface area contributed by atoms with Crippen molar-refractivity contribution in [1.29, 1.82) is 0 Å². The number of amides is 1. The first-order chi connectivity index (χ1) is 7.22. The molecule has 82 valence electrons. The molecule has 1 aromatic rings. The summed E-state index contributed by atoms with van der Waals surface area (Å²) in [7, 11) is 0. The van der Waals surface area contributed by atoms with Crippen molar-refractivity contribution in [3.05, 3.63) is 10.6 Å². The normalized spacial score (nSPS) is 23.9. The second kappa shape index (κ2) is 4.26. The van der Waals surface area contributed by atoms with Gasteiger partial charge in [-0.25, -0.2) is 0 Å². The Balaban J connectivity index is 1.90. The number of aromatic nitrogens is 2. The van der Waals surface area contributed by atoms with Crippen molar-refractivity contribution in [2.45, 2.75) is 26.7 Å². The molecule has 5 heteroatoms. The number of aryl methyl sites for hydroxylation is 1. The fraction of sp³-hybridized carbons (Fsp3) is 0.700. The molecule has 2 rings (SSSR count). The molecule has 4 nitrogen and oxygen atoms in total. The van der Waals surface area contributed by atoms with Crippen LogP contribution in [0.1, 0.15) is 35.6 Å². The summed E-state index contributed by atoms with van der Waals surface area (Å²) in [6.07, 6.45) is 2.00. The summed E-state index contributed by atoms with van der Waals surface area (Å²) in [6, 6.07) is 0. The quantitative estimate of drug-likeness (QED) is 0.844. The van der Waals surface area contributed by atoms with Crippen molar-refractivity contribution < 1.29 is 4.79 Å². The summed E-state index contributed by atoms with van der Waals surface area (Å²) in [6.45, 7) is 4.99. The summed E-state index contributed by atoms with van der Waals surface area (Å²) < 4.78 is 3.80. The van der Waals surface area contributed by atoms with E-state index in [-0.39, 0.29) is 5.91 Å². The average molecular weight is 225 g/mol. The maximum Gasteiger partial charge on any atom is 0.264 e. The van der Waals surface area contributed by atoms with Gasteiger partial charge in [-0.2, -0.15) is 0 Å². The van der Waals surface area contributed by atoms with Gasteiger partial charge in [-0.15, -0.1) is 5.10 Å². The Kier molecular flexibility index (Phi) is 3.00. The molecule has 1 aliphatic carbocycles. The lowest BCUT2D eigenvalue weighted by atomic mass is 10.3. The van der Waals surface area contributed by atoms with Crippen LogP contribution in [0.3, 0.4) is 0 Å². The Morgan fingerprint density at radius 3 is 3.00 bits per heavy atom. The molecule has 0 aromatic carbocycles. The van der Waals surface area contributed by atoms with Gasteiger partial charge in [0.2, 0.25) is 0 Å². The first-order valence-corrected chi connectivity index (χ1v) is 6.09. The van der Waals surface area contributed by atoms with E-state index < -0.39 is 0 Å². The predicted octanol–water partition coefficient (Wildman–Crippen LogP) is 1.49. The van der Waals surface area contributed by atoms with E-state index in [1.54, 1.807) is 0 Å². The number of carbonyl (C=O) groups is 1. The summed E-state index contributed by atoms with van der Waals surface area (Å²) in [4.78, 5) is 12.4. The maximum atomic E-state index is 11.7. The SMILES string of the molecule is CCc1nnsc1C(=O)NC[C@H]1C[C@H]1C. The van der Waals surface area contributed by atoms with Crippen molar-refractivity contribution in [2.75, 3.05) is 6.54 Å². The van der Waals surface area contributed by atoms with Gasteiger partial charge < -0.3 is 5.32 Å². The Hall–Kier alpha value is -0.970. The third kappa shape index (κ3) is 2.34. The second-order valence-electron chi connectivity index (χ2n) is 4.09. The Morgan fingerprint density at radius 2 is 2.40 bits per heavy atom. The van der Waals surface area contributed by atoms with Crippen LogP contribution in [0.5, 0.6) is 0 Å². The monoisotopic (exact) mass is 225 g/mol. The van der Waals surface area contributed by atoms with Crippen molar-refractivity contribution in [1.82, 2.24) is 14.9 Å². The minimum Gasteiger partial charge on any atom is -0.351 e. The second-order valence-corrected chi connectivity index (χ2v) is 4.84. The fourth-order valence-electron chi connectivity index (χ4n) is 1.60. The number of hydrogen-bond donors (Lipinski definition) is 1. The van der Waals surface area contributed by atoms with Gasteiger partial charge in [0.05, 0.1) is 5.69 Å². The summed E-state index contributed by atoms with van der Waals surface area (Å²) in [5, 5.41) is 6.86. The van der Waals surface area contributed by atoms with Crippen LogP contribution < -0.4 is 5.32 Å². The van der Waals surface area contributed by atoms with Crippen molar-refractivity contribution >= 4 is 17.4 Å². The van der Waals surface area contributed by atoms with Gasteiger partial charge in [-0.1, -0.05) is 18.3 Å². The maximum absolute atomic E-state index is 11.7. The van der Waals surface area contributed by atoms with Gasteiger partial charge >= 0.3 is 0 Å². The topological polar surface area (TPSA) is 54.9 Å². The molecular weight excluding hydrogens is 210 g/mol. The molecule has 0 spiro atoms. The first-order valence-electron chi connectivity index (χ1n) is 5.31. The molecule has 1 fully saturated rings. The van der Waals surface area contributed by atoms with Crippen LogP contribution in [0.4, 0.5) is 0 Å². The third-order valence-electron chi connectivity index (χ3n) is 2.90. The molecule has 0 unspecified atom stereocenters. The minimum atomic E-state index is -0.0130. The van der Waals surface area contributed by atoms with Crippen molar-refractivity contribution in [3.8, 4) is 0 Å². The van der Waals surface area contributed by atoms with Crippen molar-refractivity contribution in [3.63, 3.8) is 0 Å². The van der Waals surface area contributed by atoms with Gasteiger partial charge in [0.25, 0.3) is 5.91 Å². The molecule has 1 aromatic heterocycles. The van der Waals surface area contributed by atoms with Crippen LogP contribution in [0, 0.1) is 11.8 Å². The highest BCUT2D eigenvalue weighted by molar-refractivity contribution is 7.08. The molecule has 0 bridgehead atoms. The molecule has 1 N–H and O–H groups in total. The van der Waals surface area contributed by atoms with Crippen LogP contribution in [0.2, 0.25) is 0 Å². The third-order valence-corrected chi connectivity index (χ3v) is 3.66. The first kappa shape index (κ1) is 10.5. The molecule has 0 radical (unpaired) electrons. The van der Waals surface area contributed by atoms with Gasteiger partial charge in [0, 0.05) is 6.54 Å². The van der Waals surface area contributed by atoms with Crippen molar-refractivity contribution in [2.24, 2.45) is 11.8 Å². The highest BCUT2D eigenvalue weighted by Gasteiger charge is 2.32. The molecule has 1 amide bonds. The van der Waals surface area contributed by atoms with E-state index in [4.69, 9.17) is 0 Å². The molecular formula is C10H15N3OS. The molecule has 0 aliphatic heterocycles. The molecule has 1 heterocycles. The van der Waals surface area contributed by atoms with E-state index in [0.717, 1.165) is 24.6 Å². The lowest BCUT2D eigenvalue weighted by Crippen LogP contribution is -2.25. The van der Waals surface area contributed by atoms with Crippen LogP contribution in [0.15, 0.2) is 0 Å². The Labute approximate surface area is 93.2 Å². The zero-order valence-electron chi connectivity index (χ0n) is 8.99. The molecule has 0 saturated heterocycles. The standard InChI is InChI=1S/C10H15N3OS/c1-3-8-9(15-13-12-8)10(14)11-5-7-4-6(7)2/h6-7H,3-5H2,1-2H3,(H,11,14)/t6-,7-/m1/s1. The van der Waals surface area contributed by atoms with E-state index in [0.29, 0.717) is 10.8 Å². The fourth-order valence-corrected chi connectivity index (χ4v) is 2.27. The predicted molar refractivity (Wildman–Crippen MR) is 58.9 cm³/mol. The summed E-state index contributed by atoms with van der Waals surface area (Å²) in [5.74, 6) is 1.44. The zero-order valence-corrected chi connectivity index (χ0v) is 9.80. The van der Waals surface area contributed by atoms with E-state index in [1.165, 1.54) is 18.0 Å². The van der Waals surface area contributed by atoms with Gasteiger partial charge in [-0.05, 0) is 36.2 Å². The van der Waals surface area contributed by atoms with E-state index in [2.05, 4.69) is 21.8 Å². The number of hydrogen-bond acceptors (Lipinski definition) is 4. The number of nitrogens with one attached hydrogen (secondary N) is 1. The summed E-state index contributed by atoms with van der Waals surface area (Å²) >= 11 is 1.18. The van der Waals surface area contributed by atoms with Crippen LogP contribution >= 0.6 is 11.5 Å². The minimum absolute atomic E-state index is 0.0130. The Morgan fingerprint density at radius 1 is 1.67 bits per heavy atom. The zero-order chi connectivity index (χ0) is 10.8. The largest absolute Gasteiger partial charge is 0.351 e. The van der Waals surface area contributed by atoms with E-state index in [9.17, 15) is 4.79 Å². The van der Waals surface area contributed by atoms with Gasteiger partial charge in [-0.3, -0.25) is 4.79 Å². The smallest absolute Gasteiger partial charge is 0.264 e. The molecule has 1 aliphatic rings. The summed E-state index contributed by atoms with van der Waals surface area (Å²) in [5.41, 5.74) is 0.807. The average Bonchev–Trinajstić information content (AvgIpc) is 2.78. The van der Waals surface area contributed by atoms with Crippen LogP contribution in [-0.2, 0) is 6.42 Å². The van der Waals surface area contributed by atoms with E-state index >= 15 is 0 Å². The van der Waals surface area contributed by atoms with Crippen LogP contribution in [-0.4, -0.2) is 22.0 Å². The highest BCUT2D eigenvalue weighted by Crippen LogP contribution is 2.36.